The van der Waals surface area contributed by atoms with Crippen molar-refractivity contribution in [3.8, 4) is 11.3 Å². The van der Waals surface area contributed by atoms with Crippen LogP contribution in [0.1, 0.15) is 21.5 Å². The number of hydrogen-bond donors (Lipinski definition) is 2. The molecule has 9 heteroatoms. The minimum Gasteiger partial charge on any atom is -0.298 e. The van der Waals surface area contributed by atoms with Gasteiger partial charge in [-0.15, -0.1) is 11.3 Å². The molecule has 0 radical (unpaired) electrons. The van der Waals surface area contributed by atoms with Gasteiger partial charge in [0, 0.05) is 10.9 Å². The van der Waals surface area contributed by atoms with Gasteiger partial charge in [-0.05, 0) is 44.2 Å². The molecule has 6 nitrogen and oxygen atoms in total. The normalized spacial score (nSPS) is 11.2. The van der Waals surface area contributed by atoms with E-state index < -0.39 is 21.7 Å². The molecule has 2 N–H and O–H groups in total. The maximum absolute atomic E-state index is 13.9. The smallest absolute Gasteiger partial charge is 0.261 e. The van der Waals surface area contributed by atoms with Gasteiger partial charge in [-0.1, -0.05) is 47.5 Å². The largest absolute Gasteiger partial charge is 0.298 e. The van der Waals surface area contributed by atoms with Gasteiger partial charge in [0.05, 0.1) is 21.8 Å². The first-order valence-electron chi connectivity index (χ1n) is 9.94. The number of amides is 1. The number of carbonyl (C=O) groups excluding carboxylic acids is 1. The van der Waals surface area contributed by atoms with Crippen LogP contribution in [0, 0.1) is 19.7 Å². The van der Waals surface area contributed by atoms with Crippen molar-refractivity contribution in [3.63, 3.8) is 0 Å². The van der Waals surface area contributed by atoms with Crippen molar-refractivity contribution in [2.24, 2.45) is 0 Å². The zero-order chi connectivity index (χ0) is 23.6. The van der Waals surface area contributed by atoms with Crippen LogP contribution in [0.15, 0.2) is 77.0 Å². The van der Waals surface area contributed by atoms with Crippen LogP contribution in [0.5, 0.6) is 0 Å². The van der Waals surface area contributed by atoms with E-state index in [0.717, 1.165) is 28.8 Å². The van der Waals surface area contributed by atoms with E-state index in [0.29, 0.717) is 10.8 Å². The summed E-state index contributed by atoms with van der Waals surface area (Å²) in [5, 5.41) is 4.82. The highest BCUT2D eigenvalue weighted by atomic mass is 32.2. The minimum absolute atomic E-state index is 0.00591. The first-order valence-corrected chi connectivity index (χ1v) is 12.3. The van der Waals surface area contributed by atoms with Gasteiger partial charge in [0.15, 0.2) is 5.13 Å². The molecule has 0 saturated heterocycles. The Hall–Kier alpha value is -3.56. The van der Waals surface area contributed by atoms with Crippen molar-refractivity contribution >= 4 is 38.1 Å². The highest BCUT2D eigenvalue weighted by Crippen LogP contribution is 2.27. The number of nitrogens with one attached hydrogen (secondary N) is 2. The Labute approximate surface area is 195 Å². The highest BCUT2D eigenvalue weighted by molar-refractivity contribution is 7.92. The lowest BCUT2D eigenvalue weighted by Gasteiger charge is -2.12. The first kappa shape index (κ1) is 22.6. The summed E-state index contributed by atoms with van der Waals surface area (Å²) in [6.07, 6.45) is 0. The molecule has 1 aromatic heterocycles. The minimum atomic E-state index is -4.02. The second-order valence-corrected chi connectivity index (χ2v) is 10.0. The van der Waals surface area contributed by atoms with E-state index in [-0.39, 0.29) is 16.1 Å². The molecule has 0 aliphatic rings. The molecule has 168 valence electrons. The predicted octanol–water partition coefficient (Wildman–Crippen LogP) is 5.62. The van der Waals surface area contributed by atoms with Gasteiger partial charge in [-0.25, -0.2) is 17.8 Å². The number of nitrogens with zero attached hydrogens (tertiary/aromatic N) is 1. The number of benzene rings is 3. The van der Waals surface area contributed by atoms with Crippen LogP contribution in [0.2, 0.25) is 0 Å². The molecular formula is C24H20FN3O3S2. The third-order valence-corrected chi connectivity index (χ3v) is 7.01. The van der Waals surface area contributed by atoms with Gasteiger partial charge in [0.2, 0.25) is 0 Å². The van der Waals surface area contributed by atoms with E-state index in [4.69, 9.17) is 0 Å². The summed E-state index contributed by atoms with van der Waals surface area (Å²) >= 11 is 1.24. The number of halogens is 1. The van der Waals surface area contributed by atoms with E-state index in [9.17, 15) is 17.6 Å². The Bertz CT molecular complexity index is 1410. The summed E-state index contributed by atoms with van der Waals surface area (Å²) in [6.45, 7) is 3.82. The molecule has 4 aromatic rings. The van der Waals surface area contributed by atoms with Crippen LogP contribution in [-0.2, 0) is 10.0 Å². The number of aryl methyl sites for hydroxylation is 2. The molecular weight excluding hydrogens is 461 g/mol. The van der Waals surface area contributed by atoms with Gasteiger partial charge in [-0.2, -0.15) is 0 Å². The molecule has 0 bridgehead atoms. The zero-order valence-electron chi connectivity index (χ0n) is 17.8. The average molecular weight is 482 g/mol. The lowest BCUT2D eigenvalue weighted by atomic mass is 10.1. The summed E-state index contributed by atoms with van der Waals surface area (Å²) in [7, 11) is -4.02. The average Bonchev–Trinajstić information content (AvgIpc) is 3.22. The van der Waals surface area contributed by atoms with Crippen LogP contribution in [0.25, 0.3) is 11.3 Å². The van der Waals surface area contributed by atoms with Gasteiger partial charge < -0.3 is 0 Å². The number of hydrogen-bond acceptors (Lipinski definition) is 5. The Morgan fingerprint density at radius 3 is 2.24 bits per heavy atom. The molecule has 0 spiro atoms. The van der Waals surface area contributed by atoms with Crippen molar-refractivity contribution in [1.82, 2.24) is 4.98 Å². The molecule has 33 heavy (non-hydrogen) atoms. The lowest BCUT2D eigenvalue weighted by molar-refractivity contribution is 0.102. The zero-order valence-corrected chi connectivity index (χ0v) is 19.4. The fraction of sp³-hybridized carbons (Fsp3) is 0.0833. The number of sulfonamides is 1. The second kappa shape index (κ2) is 9.13. The summed E-state index contributed by atoms with van der Waals surface area (Å²) < 4.78 is 41.8. The molecule has 0 saturated carbocycles. The number of rotatable bonds is 6. The van der Waals surface area contributed by atoms with E-state index >= 15 is 0 Å². The number of aromatic nitrogens is 1. The van der Waals surface area contributed by atoms with Crippen molar-refractivity contribution in [3.05, 3.63) is 94.6 Å². The SMILES string of the molecule is Cc1ccc(-c2csc(NC(=O)c3ccc(F)cc3NS(=O)(=O)c3ccc(C)cc3)n2)cc1. The van der Waals surface area contributed by atoms with E-state index in [2.05, 4.69) is 15.0 Å². The summed E-state index contributed by atoms with van der Waals surface area (Å²) in [5.74, 6) is -1.29. The van der Waals surface area contributed by atoms with E-state index in [1.807, 2.05) is 43.5 Å². The summed E-state index contributed by atoms with van der Waals surface area (Å²) in [6, 6.07) is 17.3. The van der Waals surface area contributed by atoms with Crippen molar-refractivity contribution in [2.75, 3.05) is 10.0 Å². The molecule has 0 fully saturated rings. The van der Waals surface area contributed by atoms with Gasteiger partial charge in [-0.3, -0.25) is 14.8 Å². The Morgan fingerprint density at radius 2 is 1.58 bits per heavy atom. The molecule has 0 aliphatic heterocycles. The predicted molar refractivity (Wildman–Crippen MR) is 129 cm³/mol. The lowest BCUT2D eigenvalue weighted by Crippen LogP contribution is -2.19. The van der Waals surface area contributed by atoms with Crippen LogP contribution in [0.4, 0.5) is 15.2 Å². The van der Waals surface area contributed by atoms with Crippen LogP contribution in [0.3, 0.4) is 0 Å². The van der Waals surface area contributed by atoms with E-state index in [1.54, 1.807) is 12.1 Å². The molecule has 0 atom stereocenters. The highest BCUT2D eigenvalue weighted by Gasteiger charge is 2.20. The van der Waals surface area contributed by atoms with Crippen LogP contribution < -0.4 is 10.0 Å². The molecule has 0 unspecified atom stereocenters. The fourth-order valence-corrected chi connectivity index (χ4v) is 4.86. The standard InChI is InChI=1S/C24H20FN3O3S2/c1-15-3-7-17(8-4-15)22-14-32-24(26-22)27-23(29)20-12-9-18(25)13-21(20)28-33(30,31)19-10-5-16(2)6-11-19/h3-14,28H,1-2H3,(H,26,27,29). The monoisotopic (exact) mass is 481 g/mol. The van der Waals surface area contributed by atoms with Gasteiger partial charge >= 0.3 is 0 Å². The first-order chi connectivity index (χ1) is 15.7. The molecule has 3 aromatic carbocycles. The Kier molecular flexibility index (Phi) is 6.26. The topological polar surface area (TPSA) is 88.2 Å². The summed E-state index contributed by atoms with van der Waals surface area (Å²) in [4.78, 5) is 17.3. The van der Waals surface area contributed by atoms with Gasteiger partial charge in [0.25, 0.3) is 15.9 Å². The Balaban J connectivity index is 1.58. The fourth-order valence-electron chi connectivity index (χ4n) is 3.07. The Morgan fingerprint density at radius 1 is 0.939 bits per heavy atom. The van der Waals surface area contributed by atoms with Crippen molar-refractivity contribution in [1.29, 1.82) is 0 Å². The third kappa shape index (κ3) is 5.27. The number of thiazole rings is 1. The molecule has 4 rings (SSSR count). The second-order valence-electron chi connectivity index (χ2n) is 7.47. The van der Waals surface area contributed by atoms with Crippen LogP contribution in [-0.4, -0.2) is 19.3 Å². The molecule has 1 heterocycles. The quantitative estimate of drug-likeness (QED) is 0.374. The maximum Gasteiger partial charge on any atom is 0.261 e. The van der Waals surface area contributed by atoms with Crippen LogP contribution >= 0.6 is 11.3 Å². The maximum atomic E-state index is 13.9. The number of anilines is 2. The molecule has 0 aliphatic carbocycles. The van der Waals surface area contributed by atoms with Crippen molar-refractivity contribution < 1.29 is 17.6 Å². The van der Waals surface area contributed by atoms with E-state index in [1.165, 1.54) is 29.5 Å². The summed E-state index contributed by atoms with van der Waals surface area (Å²) in [5.41, 5.74) is 3.44. The number of carbonyl (C=O) groups is 1. The van der Waals surface area contributed by atoms with Crippen molar-refractivity contribution in [2.45, 2.75) is 18.7 Å². The molecule has 1 amide bonds. The third-order valence-electron chi connectivity index (χ3n) is 4.87. The van der Waals surface area contributed by atoms with Gasteiger partial charge in [0.1, 0.15) is 5.82 Å².